The van der Waals surface area contributed by atoms with Crippen molar-refractivity contribution >= 4 is 52.6 Å². The standard InChI is InChI=1S/C13H12N8O4S3.Na/c22-7(1-20-4-14-18-19-20)16-8-10(23)21-9(12(24)25)6(2-26-11(8)21)3-27-13-17-15-5-28-13;/h4-5,8,11H,1-3H2,(H,16,22)(H,24,25);/q;+1/p-1. The fourth-order valence-corrected chi connectivity index (χ4v) is 5.75. The number of rotatable bonds is 7. The molecule has 1 saturated heterocycles. The van der Waals surface area contributed by atoms with Crippen LogP contribution in [0.3, 0.4) is 0 Å². The molecule has 2 amide bonds. The van der Waals surface area contributed by atoms with Gasteiger partial charge in [-0.15, -0.1) is 27.1 Å². The van der Waals surface area contributed by atoms with E-state index in [-0.39, 0.29) is 41.8 Å². The largest absolute Gasteiger partial charge is 1.00 e. The van der Waals surface area contributed by atoms with E-state index in [4.69, 9.17) is 0 Å². The third-order valence-electron chi connectivity index (χ3n) is 3.96. The van der Waals surface area contributed by atoms with E-state index in [9.17, 15) is 19.5 Å². The number of nitrogens with one attached hydrogen (secondary N) is 1. The van der Waals surface area contributed by atoms with Crippen LogP contribution in [0.25, 0.3) is 0 Å². The van der Waals surface area contributed by atoms with Crippen molar-refractivity contribution in [2.45, 2.75) is 22.3 Å². The molecular formula is C13H11N8NaO4S3. The van der Waals surface area contributed by atoms with Crippen LogP contribution >= 0.6 is 34.9 Å². The third-order valence-corrected chi connectivity index (χ3v) is 7.25. The average molecular weight is 462 g/mol. The normalized spacial score (nSPS) is 20.6. The Balaban J connectivity index is 0.00000240. The number of tetrazole rings is 1. The van der Waals surface area contributed by atoms with Crippen LogP contribution in [-0.2, 0) is 20.9 Å². The summed E-state index contributed by atoms with van der Waals surface area (Å²) in [5, 5.41) is 31.9. The van der Waals surface area contributed by atoms with Crippen molar-refractivity contribution < 1.29 is 49.0 Å². The number of nitrogens with zero attached hydrogens (tertiary/aromatic N) is 7. The number of hydrogen-bond donors (Lipinski definition) is 1. The van der Waals surface area contributed by atoms with Gasteiger partial charge in [-0.1, -0.05) is 23.1 Å². The van der Waals surface area contributed by atoms with Crippen LogP contribution in [0.15, 0.2) is 27.4 Å². The fraction of sp³-hybridized carbons (Fsp3) is 0.385. The molecule has 0 saturated carbocycles. The van der Waals surface area contributed by atoms with Crippen molar-refractivity contribution in [1.29, 1.82) is 0 Å². The molecule has 16 heteroatoms. The van der Waals surface area contributed by atoms with E-state index in [1.165, 1.54) is 50.8 Å². The fourth-order valence-electron chi connectivity index (χ4n) is 2.78. The van der Waals surface area contributed by atoms with E-state index in [0.29, 0.717) is 21.4 Å². The van der Waals surface area contributed by atoms with Gasteiger partial charge in [-0.3, -0.25) is 14.5 Å². The number of thioether (sulfide) groups is 2. The van der Waals surface area contributed by atoms with Gasteiger partial charge in [-0.25, -0.2) is 4.68 Å². The van der Waals surface area contributed by atoms with Gasteiger partial charge in [0.1, 0.15) is 29.8 Å². The van der Waals surface area contributed by atoms with Gasteiger partial charge in [0.2, 0.25) is 5.91 Å². The molecule has 0 spiro atoms. The van der Waals surface area contributed by atoms with E-state index < -0.39 is 29.2 Å². The molecule has 2 unspecified atom stereocenters. The number of β-lactam (4-membered cyclic amide) rings is 1. The second kappa shape index (κ2) is 9.53. The molecule has 29 heavy (non-hydrogen) atoms. The summed E-state index contributed by atoms with van der Waals surface area (Å²) in [6.45, 7) is -0.138. The van der Waals surface area contributed by atoms with Gasteiger partial charge in [0.25, 0.3) is 5.91 Å². The van der Waals surface area contributed by atoms with Gasteiger partial charge >= 0.3 is 29.6 Å². The van der Waals surface area contributed by atoms with Gasteiger partial charge in [0.15, 0.2) is 4.34 Å². The molecule has 2 aliphatic heterocycles. The molecule has 0 radical (unpaired) electrons. The summed E-state index contributed by atoms with van der Waals surface area (Å²) < 4.78 is 1.93. The summed E-state index contributed by atoms with van der Waals surface area (Å²) in [5.74, 6) is -1.58. The molecule has 12 nitrogen and oxygen atoms in total. The Labute approximate surface area is 198 Å². The summed E-state index contributed by atoms with van der Waals surface area (Å²) in [6, 6.07) is -0.805. The number of hydrogen-bond acceptors (Lipinski definition) is 12. The van der Waals surface area contributed by atoms with Crippen LogP contribution < -0.4 is 40.0 Å². The van der Waals surface area contributed by atoms with Crippen LogP contribution in [-0.4, -0.2) is 76.0 Å². The summed E-state index contributed by atoms with van der Waals surface area (Å²) in [7, 11) is 0. The number of carbonyl (C=O) groups excluding carboxylic acids is 3. The predicted octanol–water partition coefficient (Wildman–Crippen LogP) is -5.28. The zero-order valence-corrected chi connectivity index (χ0v) is 19.4. The minimum atomic E-state index is -1.41. The Bertz CT molecular complexity index is 938. The number of aromatic nitrogens is 6. The first-order valence-corrected chi connectivity index (χ1v) is 10.7. The molecule has 1 N–H and O–H groups in total. The first kappa shape index (κ1) is 22.2. The Hall–Kier alpha value is -1.52. The second-order valence-electron chi connectivity index (χ2n) is 5.70. The predicted molar refractivity (Wildman–Crippen MR) is 95.5 cm³/mol. The second-order valence-corrected chi connectivity index (χ2v) is 8.86. The van der Waals surface area contributed by atoms with Crippen molar-refractivity contribution in [3.05, 3.63) is 23.1 Å². The summed E-state index contributed by atoms with van der Waals surface area (Å²) in [5.41, 5.74) is 2.04. The molecule has 1 fully saturated rings. The Morgan fingerprint density at radius 1 is 1.38 bits per heavy atom. The van der Waals surface area contributed by atoms with E-state index in [1.807, 2.05) is 0 Å². The van der Waals surface area contributed by atoms with Gasteiger partial charge in [-0.2, -0.15) is 0 Å². The first-order valence-electron chi connectivity index (χ1n) is 7.81. The smallest absolute Gasteiger partial charge is 0.543 e. The summed E-state index contributed by atoms with van der Waals surface area (Å²) in [6.07, 6.45) is 1.28. The Kier molecular flexibility index (Phi) is 7.28. The van der Waals surface area contributed by atoms with Crippen molar-refractivity contribution in [2.24, 2.45) is 0 Å². The van der Waals surface area contributed by atoms with Gasteiger partial charge < -0.3 is 15.2 Å². The number of fused-ring (bicyclic) bond motifs is 1. The zero-order chi connectivity index (χ0) is 19.7. The molecular weight excluding hydrogens is 451 g/mol. The van der Waals surface area contributed by atoms with Gasteiger partial charge in [0.05, 0.1) is 11.7 Å². The zero-order valence-electron chi connectivity index (χ0n) is 14.9. The molecule has 146 valence electrons. The quantitative estimate of drug-likeness (QED) is 0.238. The minimum absolute atomic E-state index is 0. The first-order chi connectivity index (χ1) is 13.5. The van der Waals surface area contributed by atoms with Crippen LogP contribution in [0.2, 0.25) is 0 Å². The summed E-state index contributed by atoms with van der Waals surface area (Å²) >= 11 is 4.09. The van der Waals surface area contributed by atoms with Crippen molar-refractivity contribution in [1.82, 2.24) is 40.6 Å². The van der Waals surface area contributed by atoms with Crippen LogP contribution in [0, 0.1) is 0 Å². The van der Waals surface area contributed by atoms with E-state index >= 15 is 0 Å². The van der Waals surface area contributed by atoms with Crippen LogP contribution in [0.4, 0.5) is 0 Å². The molecule has 2 aromatic rings. The van der Waals surface area contributed by atoms with E-state index in [1.54, 1.807) is 5.51 Å². The minimum Gasteiger partial charge on any atom is -0.543 e. The topological polar surface area (TPSA) is 159 Å². The number of amides is 2. The van der Waals surface area contributed by atoms with Crippen molar-refractivity contribution in [3.63, 3.8) is 0 Å². The monoisotopic (exact) mass is 462 g/mol. The Morgan fingerprint density at radius 2 is 2.21 bits per heavy atom. The van der Waals surface area contributed by atoms with E-state index in [0.717, 1.165) is 0 Å². The number of aliphatic carboxylic acids is 1. The molecule has 0 aromatic carbocycles. The number of carbonyl (C=O) groups is 3. The van der Waals surface area contributed by atoms with Crippen LogP contribution in [0.5, 0.6) is 0 Å². The number of carboxylic acids is 1. The Morgan fingerprint density at radius 3 is 2.86 bits per heavy atom. The molecule has 0 aliphatic carbocycles. The molecule has 2 aliphatic rings. The maximum atomic E-state index is 12.5. The van der Waals surface area contributed by atoms with Crippen molar-refractivity contribution in [3.8, 4) is 0 Å². The maximum absolute atomic E-state index is 12.5. The molecule has 2 aromatic heterocycles. The van der Waals surface area contributed by atoms with E-state index in [2.05, 4.69) is 31.0 Å². The van der Waals surface area contributed by atoms with Gasteiger partial charge in [0, 0.05) is 11.5 Å². The average Bonchev–Trinajstić information content (AvgIpc) is 3.37. The van der Waals surface area contributed by atoms with Crippen molar-refractivity contribution in [2.75, 3.05) is 11.5 Å². The third kappa shape index (κ3) is 4.64. The molecule has 0 bridgehead atoms. The number of carboxylic acid groups (broad SMARTS) is 1. The van der Waals surface area contributed by atoms with Crippen LogP contribution in [0.1, 0.15) is 0 Å². The molecule has 2 atom stereocenters. The summed E-state index contributed by atoms with van der Waals surface area (Å²) in [4.78, 5) is 37.5. The molecule has 4 heterocycles. The van der Waals surface area contributed by atoms with Gasteiger partial charge in [-0.05, 0) is 16.0 Å². The molecule has 4 rings (SSSR count). The maximum Gasteiger partial charge on any atom is 1.00 e. The SMILES string of the molecule is O=C(Cn1cnnn1)NC1C(=O)N2C(C(=O)[O-])=C(CSc3nncs3)CSC12.[Na+].